The number of nitrogen functional groups attached to an aromatic ring is 1. The zero-order chi connectivity index (χ0) is 13.4. The number of hydrazine groups is 1. The smallest absolute Gasteiger partial charge is 0.126 e. The molecular weight excluding hydrogens is 226 g/mol. The van der Waals surface area contributed by atoms with E-state index >= 15 is 0 Å². The Bertz CT molecular complexity index is 334. The van der Waals surface area contributed by atoms with Crippen LogP contribution in [0.3, 0.4) is 0 Å². The van der Waals surface area contributed by atoms with Gasteiger partial charge in [-0.25, -0.2) is 0 Å². The number of unbranched alkanes of at least 4 members (excludes halogenated alkanes) is 5. The van der Waals surface area contributed by atoms with Crippen molar-refractivity contribution in [3.63, 3.8) is 0 Å². The normalized spacial score (nSPS) is 12.8. The average Bonchev–Trinajstić information content (AvgIpc) is 2.70. The van der Waals surface area contributed by atoms with Crippen molar-refractivity contribution in [2.24, 2.45) is 12.9 Å². The SMILES string of the molecule is CCCCCCCCC(NN)c1cnn(C)c1N. The fourth-order valence-electron chi connectivity index (χ4n) is 2.19. The van der Waals surface area contributed by atoms with Gasteiger partial charge >= 0.3 is 0 Å². The summed E-state index contributed by atoms with van der Waals surface area (Å²) in [5.41, 5.74) is 9.80. The molecule has 0 radical (unpaired) electrons. The molecule has 0 aromatic carbocycles. The second-order valence-electron chi connectivity index (χ2n) is 4.88. The van der Waals surface area contributed by atoms with Gasteiger partial charge in [0.15, 0.2) is 0 Å². The van der Waals surface area contributed by atoms with E-state index in [4.69, 9.17) is 11.6 Å². The van der Waals surface area contributed by atoms with Crippen LogP contribution in [-0.4, -0.2) is 9.78 Å². The van der Waals surface area contributed by atoms with Gasteiger partial charge in [0.25, 0.3) is 0 Å². The van der Waals surface area contributed by atoms with Crippen molar-refractivity contribution in [3.05, 3.63) is 11.8 Å². The molecule has 0 aliphatic rings. The van der Waals surface area contributed by atoms with Crippen molar-refractivity contribution in [1.82, 2.24) is 15.2 Å². The lowest BCUT2D eigenvalue weighted by Gasteiger charge is -2.15. The quantitative estimate of drug-likeness (QED) is 0.358. The van der Waals surface area contributed by atoms with E-state index in [1.54, 1.807) is 10.9 Å². The summed E-state index contributed by atoms with van der Waals surface area (Å²) in [6.07, 6.45) is 10.5. The summed E-state index contributed by atoms with van der Waals surface area (Å²) in [6.45, 7) is 2.24. The van der Waals surface area contributed by atoms with Crippen LogP contribution in [0.15, 0.2) is 6.20 Å². The molecule has 1 atom stereocenters. The van der Waals surface area contributed by atoms with Gasteiger partial charge in [-0.2, -0.15) is 5.10 Å². The van der Waals surface area contributed by atoms with E-state index in [1.807, 2.05) is 7.05 Å². The van der Waals surface area contributed by atoms with Gasteiger partial charge in [0, 0.05) is 12.6 Å². The Balaban J connectivity index is 2.32. The van der Waals surface area contributed by atoms with Crippen LogP contribution in [0.1, 0.15) is 63.5 Å². The summed E-state index contributed by atoms with van der Waals surface area (Å²) >= 11 is 0. The highest BCUT2D eigenvalue weighted by molar-refractivity contribution is 5.40. The minimum atomic E-state index is 0.116. The van der Waals surface area contributed by atoms with E-state index in [2.05, 4.69) is 17.4 Å². The number of hydrogen-bond acceptors (Lipinski definition) is 4. The molecular formula is C13H27N5. The molecule has 0 amide bonds. The van der Waals surface area contributed by atoms with Gasteiger partial charge in [-0.15, -0.1) is 0 Å². The highest BCUT2D eigenvalue weighted by atomic mass is 15.3. The van der Waals surface area contributed by atoms with Gasteiger partial charge in [0.2, 0.25) is 0 Å². The summed E-state index contributed by atoms with van der Waals surface area (Å²) < 4.78 is 1.68. The van der Waals surface area contributed by atoms with E-state index in [1.165, 1.54) is 38.5 Å². The number of nitrogens with zero attached hydrogens (tertiary/aromatic N) is 2. The first-order valence-electron chi connectivity index (χ1n) is 6.94. The molecule has 5 N–H and O–H groups in total. The van der Waals surface area contributed by atoms with Crippen molar-refractivity contribution in [2.75, 3.05) is 5.73 Å². The molecule has 0 saturated carbocycles. The van der Waals surface area contributed by atoms with Gasteiger partial charge in [-0.1, -0.05) is 45.4 Å². The molecule has 104 valence electrons. The first kappa shape index (κ1) is 15.0. The van der Waals surface area contributed by atoms with Crippen LogP contribution in [0, 0.1) is 0 Å². The number of nitrogens with one attached hydrogen (secondary N) is 1. The second-order valence-corrected chi connectivity index (χ2v) is 4.88. The topological polar surface area (TPSA) is 81.9 Å². The number of anilines is 1. The van der Waals surface area contributed by atoms with Gasteiger partial charge < -0.3 is 5.73 Å². The van der Waals surface area contributed by atoms with Gasteiger partial charge in [0.05, 0.1) is 12.2 Å². The lowest BCUT2D eigenvalue weighted by Crippen LogP contribution is -2.28. The Morgan fingerprint density at radius 3 is 2.50 bits per heavy atom. The molecule has 18 heavy (non-hydrogen) atoms. The van der Waals surface area contributed by atoms with Crippen LogP contribution in [-0.2, 0) is 7.05 Å². The molecule has 0 aliphatic heterocycles. The standard InChI is InChI=1S/C13H27N5/c1-3-4-5-6-7-8-9-12(17-15)11-10-16-18(2)13(11)14/h10,12,17H,3-9,14-15H2,1-2H3. The molecule has 0 saturated heterocycles. The van der Waals surface area contributed by atoms with Gasteiger partial charge in [-0.05, 0) is 6.42 Å². The lowest BCUT2D eigenvalue weighted by molar-refractivity contribution is 0.478. The fourth-order valence-corrected chi connectivity index (χ4v) is 2.19. The fraction of sp³-hybridized carbons (Fsp3) is 0.769. The monoisotopic (exact) mass is 253 g/mol. The maximum atomic E-state index is 5.95. The molecule has 5 nitrogen and oxygen atoms in total. The molecule has 1 aromatic rings. The maximum absolute atomic E-state index is 5.95. The third-order valence-corrected chi connectivity index (χ3v) is 3.44. The Labute approximate surface area is 110 Å². The highest BCUT2D eigenvalue weighted by Gasteiger charge is 2.15. The molecule has 0 fully saturated rings. The number of nitrogens with two attached hydrogens (primary N) is 2. The van der Waals surface area contributed by atoms with Crippen molar-refractivity contribution in [3.8, 4) is 0 Å². The van der Waals surface area contributed by atoms with Gasteiger partial charge in [-0.3, -0.25) is 16.0 Å². The van der Waals surface area contributed by atoms with E-state index < -0.39 is 0 Å². The Morgan fingerprint density at radius 2 is 1.94 bits per heavy atom. The molecule has 5 heteroatoms. The minimum Gasteiger partial charge on any atom is -0.384 e. The van der Waals surface area contributed by atoms with Crippen LogP contribution in [0.5, 0.6) is 0 Å². The predicted octanol–water partition coefficient (Wildman–Crippen LogP) is 2.26. The summed E-state index contributed by atoms with van der Waals surface area (Å²) in [7, 11) is 1.84. The molecule has 0 bridgehead atoms. The Kier molecular flexibility index (Phi) is 6.75. The molecule has 1 heterocycles. The molecule has 1 aromatic heterocycles. The highest BCUT2D eigenvalue weighted by Crippen LogP contribution is 2.24. The van der Waals surface area contributed by atoms with E-state index in [9.17, 15) is 0 Å². The second kappa shape index (κ2) is 8.11. The van der Waals surface area contributed by atoms with E-state index in [0.29, 0.717) is 5.82 Å². The van der Waals surface area contributed by atoms with Crippen molar-refractivity contribution in [1.29, 1.82) is 0 Å². The first-order chi connectivity index (χ1) is 8.70. The summed E-state index contributed by atoms with van der Waals surface area (Å²) in [4.78, 5) is 0. The Hall–Kier alpha value is -1.07. The molecule has 0 spiro atoms. The molecule has 1 rings (SSSR count). The van der Waals surface area contributed by atoms with Crippen molar-refractivity contribution < 1.29 is 0 Å². The van der Waals surface area contributed by atoms with Crippen molar-refractivity contribution >= 4 is 5.82 Å². The minimum absolute atomic E-state index is 0.116. The van der Waals surface area contributed by atoms with E-state index in [0.717, 1.165) is 12.0 Å². The zero-order valence-electron chi connectivity index (χ0n) is 11.7. The third kappa shape index (κ3) is 4.31. The largest absolute Gasteiger partial charge is 0.384 e. The third-order valence-electron chi connectivity index (χ3n) is 3.44. The zero-order valence-corrected chi connectivity index (χ0v) is 11.7. The van der Waals surface area contributed by atoms with E-state index in [-0.39, 0.29) is 6.04 Å². The van der Waals surface area contributed by atoms with Crippen LogP contribution in [0.25, 0.3) is 0 Å². The van der Waals surface area contributed by atoms with Crippen LogP contribution < -0.4 is 17.0 Å². The van der Waals surface area contributed by atoms with Crippen LogP contribution >= 0.6 is 0 Å². The summed E-state index contributed by atoms with van der Waals surface area (Å²) in [6, 6.07) is 0.116. The van der Waals surface area contributed by atoms with Crippen molar-refractivity contribution in [2.45, 2.75) is 57.9 Å². The predicted molar refractivity (Wildman–Crippen MR) is 75.7 cm³/mol. The lowest BCUT2D eigenvalue weighted by atomic mass is 10.0. The summed E-state index contributed by atoms with van der Waals surface area (Å²) in [5.74, 6) is 6.30. The maximum Gasteiger partial charge on any atom is 0.126 e. The Morgan fingerprint density at radius 1 is 1.28 bits per heavy atom. The number of hydrogen-bond donors (Lipinski definition) is 3. The number of aryl methyl sites for hydroxylation is 1. The molecule has 0 aliphatic carbocycles. The van der Waals surface area contributed by atoms with Gasteiger partial charge in [0.1, 0.15) is 5.82 Å². The number of rotatable bonds is 9. The van der Waals surface area contributed by atoms with Crippen LogP contribution in [0.4, 0.5) is 5.82 Å². The number of aromatic nitrogens is 2. The molecule has 1 unspecified atom stereocenters. The average molecular weight is 253 g/mol. The first-order valence-corrected chi connectivity index (χ1v) is 6.94. The van der Waals surface area contributed by atoms with Crippen LogP contribution in [0.2, 0.25) is 0 Å². The summed E-state index contributed by atoms with van der Waals surface area (Å²) in [5, 5.41) is 4.15.